The number of hydrogen-bond acceptors (Lipinski definition) is 4. The molecule has 6 nitrogen and oxygen atoms in total. The third-order valence-electron chi connectivity index (χ3n) is 4.42. The fourth-order valence-electron chi connectivity index (χ4n) is 2.87. The summed E-state index contributed by atoms with van der Waals surface area (Å²) in [7, 11) is 3.67. The molecule has 0 radical (unpaired) electrons. The number of anilines is 1. The first-order chi connectivity index (χ1) is 10.1. The number of hydrogen-bond donors (Lipinski definition) is 2. The minimum atomic E-state index is 0.00681. The molecule has 1 aromatic heterocycles. The summed E-state index contributed by atoms with van der Waals surface area (Å²) >= 11 is 0. The second kappa shape index (κ2) is 5.37. The standard InChI is InChI=1S/C15H20N4O2/c1-9-11(6-7-19(9)2)15(20)16-14-12-8-10(21-3)4-5-13(12)17-18-14/h4-5,8-9,11H,6-7H2,1-3H3,(H2,16,17,18,20)/t9-,11-/m1/s1. The lowest BCUT2D eigenvalue weighted by Gasteiger charge is -2.19. The van der Waals surface area contributed by atoms with Crippen molar-refractivity contribution >= 4 is 22.6 Å². The normalized spacial score (nSPS) is 22.6. The zero-order valence-corrected chi connectivity index (χ0v) is 12.5. The Morgan fingerprint density at radius 3 is 3.00 bits per heavy atom. The molecule has 2 atom stereocenters. The first-order valence-electron chi connectivity index (χ1n) is 7.13. The van der Waals surface area contributed by atoms with Crippen molar-refractivity contribution < 1.29 is 9.53 Å². The molecular weight excluding hydrogens is 268 g/mol. The zero-order valence-electron chi connectivity index (χ0n) is 12.5. The molecule has 2 heterocycles. The van der Waals surface area contributed by atoms with E-state index < -0.39 is 0 Å². The molecule has 3 rings (SSSR count). The fraction of sp³-hybridized carbons (Fsp3) is 0.467. The molecule has 1 aromatic carbocycles. The van der Waals surface area contributed by atoms with E-state index >= 15 is 0 Å². The molecule has 1 aliphatic rings. The molecule has 112 valence electrons. The van der Waals surface area contributed by atoms with Crippen LogP contribution in [0.2, 0.25) is 0 Å². The summed E-state index contributed by atoms with van der Waals surface area (Å²) < 4.78 is 5.22. The fourth-order valence-corrected chi connectivity index (χ4v) is 2.87. The van der Waals surface area contributed by atoms with Gasteiger partial charge in [-0.25, -0.2) is 0 Å². The molecule has 1 saturated heterocycles. The summed E-state index contributed by atoms with van der Waals surface area (Å²) in [4.78, 5) is 14.6. The second-order valence-corrected chi connectivity index (χ2v) is 5.59. The van der Waals surface area contributed by atoms with Crippen LogP contribution in [0, 0.1) is 5.92 Å². The number of nitrogens with zero attached hydrogens (tertiary/aromatic N) is 2. The number of carbonyl (C=O) groups is 1. The smallest absolute Gasteiger partial charge is 0.230 e. The molecule has 1 amide bonds. The molecule has 6 heteroatoms. The summed E-state index contributed by atoms with van der Waals surface area (Å²) in [6, 6.07) is 5.88. The first kappa shape index (κ1) is 13.9. The van der Waals surface area contributed by atoms with Crippen LogP contribution in [0.3, 0.4) is 0 Å². The number of fused-ring (bicyclic) bond motifs is 1. The molecule has 1 fully saturated rings. The van der Waals surface area contributed by atoms with Crippen LogP contribution in [-0.4, -0.2) is 47.7 Å². The Balaban J connectivity index is 1.83. The second-order valence-electron chi connectivity index (χ2n) is 5.59. The number of nitrogens with one attached hydrogen (secondary N) is 2. The summed E-state index contributed by atoms with van der Waals surface area (Å²) in [5, 5.41) is 10.9. The highest BCUT2D eigenvalue weighted by Crippen LogP contribution is 2.28. The Labute approximate surface area is 123 Å². The van der Waals surface area contributed by atoms with Crippen LogP contribution in [0.25, 0.3) is 10.9 Å². The van der Waals surface area contributed by atoms with Gasteiger partial charge in [0.05, 0.1) is 18.5 Å². The van der Waals surface area contributed by atoms with E-state index in [1.807, 2.05) is 25.2 Å². The van der Waals surface area contributed by atoms with Gasteiger partial charge in [-0.1, -0.05) is 0 Å². The van der Waals surface area contributed by atoms with Crippen LogP contribution in [-0.2, 0) is 4.79 Å². The van der Waals surface area contributed by atoms with Crippen molar-refractivity contribution in [3.8, 4) is 5.75 Å². The van der Waals surface area contributed by atoms with E-state index in [9.17, 15) is 4.79 Å². The topological polar surface area (TPSA) is 70.2 Å². The molecule has 1 aliphatic heterocycles. The van der Waals surface area contributed by atoms with E-state index in [0.29, 0.717) is 5.82 Å². The number of methoxy groups -OCH3 is 1. The quantitative estimate of drug-likeness (QED) is 0.904. The third-order valence-corrected chi connectivity index (χ3v) is 4.42. The lowest BCUT2D eigenvalue weighted by Crippen LogP contribution is -2.33. The molecule has 0 spiro atoms. The predicted molar refractivity (Wildman–Crippen MR) is 81.5 cm³/mol. The Kier molecular flexibility index (Phi) is 3.55. The van der Waals surface area contributed by atoms with Crippen LogP contribution in [0.15, 0.2) is 18.2 Å². The number of ether oxygens (including phenoxy) is 1. The Morgan fingerprint density at radius 2 is 2.33 bits per heavy atom. The average molecular weight is 288 g/mol. The van der Waals surface area contributed by atoms with Gasteiger partial charge in [0.1, 0.15) is 5.75 Å². The third kappa shape index (κ3) is 2.47. The van der Waals surface area contributed by atoms with Gasteiger partial charge in [-0.3, -0.25) is 9.89 Å². The number of likely N-dealkylation sites (tertiary alicyclic amines) is 1. The monoisotopic (exact) mass is 288 g/mol. The lowest BCUT2D eigenvalue weighted by molar-refractivity contribution is -0.120. The molecule has 0 aliphatic carbocycles. The summed E-state index contributed by atoms with van der Waals surface area (Å²) in [6.45, 7) is 3.04. The van der Waals surface area contributed by atoms with Crippen molar-refractivity contribution in [1.82, 2.24) is 15.1 Å². The zero-order chi connectivity index (χ0) is 15.0. The Hall–Kier alpha value is -2.08. The maximum absolute atomic E-state index is 12.4. The van der Waals surface area contributed by atoms with Gasteiger partial charge in [0.25, 0.3) is 0 Å². The minimum absolute atomic E-state index is 0.00681. The van der Waals surface area contributed by atoms with Crippen LogP contribution in [0.4, 0.5) is 5.82 Å². The number of aromatic nitrogens is 2. The molecule has 0 bridgehead atoms. The first-order valence-corrected chi connectivity index (χ1v) is 7.13. The maximum Gasteiger partial charge on any atom is 0.230 e. The number of aromatic amines is 1. The van der Waals surface area contributed by atoms with Gasteiger partial charge in [-0.05, 0) is 45.1 Å². The van der Waals surface area contributed by atoms with E-state index in [1.165, 1.54) is 0 Å². The number of amides is 1. The van der Waals surface area contributed by atoms with Crippen LogP contribution >= 0.6 is 0 Å². The van der Waals surface area contributed by atoms with Crippen LogP contribution in [0.5, 0.6) is 5.75 Å². The van der Waals surface area contributed by atoms with Gasteiger partial charge >= 0.3 is 0 Å². The van der Waals surface area contributed by atoms with Gasteiger partial charge in [-0.15, -0.1) is 0 Å². The molecule has 0 unspecified atom stereocenters. The van der Waals surface area contributed by atoms with Crippen molar-refractivity contribution in [3.05, 3.63) is 18.2 Å². The van der Waals surface area contributed by atoms with E-state index in [0.717, 1.165) is 29.6 Å². The lowest BCUT2D eigenvalue weighted by atomic mass is 10.0. The van der Waals surface area contributed by atoms with E-state index in [-0.39, 0.29) is 17.9 Å². The number of H-pyrrole nitrogens is 1. The number of carbonyl (C=O) groups excluding carboxylic acids is 1. The molecule has 21 heavy (non-hydrogen) atoms. The maximum atomic E-state index is 12.4. The van der Waals surface area contributed by atoms with E-state index in [1.54, 1.807) is 7.11 Å². The highest BCUT2D eigenvalue weighted by atomic mass is 16.5. The molecular formula is C15H20N4O2. The van der Waals surface area contributed by atoms with Crippen molar-refractivity contribution in [1.29, 1.82) is 0 Å². The van der Waals surface area contributed by atoms with Gasteiger partial charge in [-0.2, -0.15) is 5.10 Å². The predicted octanol–water partition coefficient (Wildman–Crippen LogP) is 1.85. The Bertz CT molecular complexity index is 667. The van der Waals surface area contributed by atoms with Crippen LogP contribution < -0.4 is 10.1 Å². The van der Waals surface area contributed by atoms with Crippen molar-refractivity contribution in [2.24, 2.45) is 5.92 Å². The van der Waals surface area contributed by atoms with E-state index in [4.69, 9.17) is 4.74 Å². The van der Waals surface area contributed by atoms with Crippen molar-refractivity contribution in [2.45, 2.75) is 19.4 Å². The van der Waals surface area contributed by atoms with Gasteiger partial charge in [0.15, 0.2) is 5.82 Å². The average Bonchev–Trinajstić information content (AvgIpc) is 3.03. The van der Waals surface area contributed by atoms with Gasteiger partial charge < -0.3 is 15.0 Å². The highest BCUT2D eigenvalue weighted by Gasteiger charge is 2.33. The molecule has 2 aromatic rings. The molecule has 0 saturated carbocycles. The number of rotatable bonds is 3. The van der Waals surface area contributed by atoms with Crippen molar-refractivity contribution in [3.63, 3.8) is 0 Å². The summed E-state index contributed by atoms with van der Waals surface area (Å²) in [5.41, 5.74) is 0.877. The highest BCUT2D eigenvalue weighted by molar-refractivity contribution is 6.01. The van der Waals surface area contributed by atoms with Gasteiger partial charge in [0.2, 0.25) is 5.91 Å². The SMILES string of the molecule is COc1ccc2[nH]nc(NC(=O)[C@@H]3CCN(C)[C@@H]3C)c2c1. The summed E-state index contributed by atoms with van der Waals surface area (Å²) in [5.74, 6) is 1.35. The number of benzene rings is 1. The minimum Gasteiger partial charge on any atom is -0.497 e. The van der Waals surface area contributed by atoms with Crippen molar-refractivity contribution in [2.75, 3.05) is 26.0 Å². The molecule has 2 N–H and O–H groups in total. The largest absolute Gasteiger partial charge is 0.497 e. The Morgan fingerprint density at radius 1 is 1.52 bits per heavy atom. The van der Waals surface area contributed by atoms with Gasteiger partial charge in [0, 0.05) is 11.4 Å². The summed E-state index contributed by atoms with van der Waals surface area (Å²) in [6.07, 6.45) is 0.884. The van der Waals surface area contributed by atoms with Crippen LogP contribution in [0.1, 0.15) is 13.3 Å². The van der Waals surface area contributed by atoms with E-state index in [2.05, 4.69) is 27.3 Å².